The minimum atomic E-state index is -0.689. The molecule has 0 radical (unpaired) electrons. The topological polar surface area (TPSA) is 44.8 Å². The molecule has 19 heavy (non-hydrogen) atoms. The Morgan fingerprint density at radius 1 is 1.16 bits per heavy atom. The quantitative estimate of drug-likeness (QED) is 0.429. The van der Waals surface area contributed by atoms with Crippen molar-refractivity contribution in [3.63, 3.8) is 0 Å². The summed E-state index contributed by atoms with van der Waals surface area (Å²) >= 11 is 0. The van der Waals surface area contributed by atoms with Crippen LogP contribution in [-0.2, 0) is 9.47 Å². The lowest BCUT2D eigenvalue weighted by Gasteiger charge is -2.08. The molecule has 1 aromatic rings. The predicted molar refractivity (Wildman–Crippen MR) is 73.6 cm³/mol. The smallest absolute Gasteiger partial charge is 0.432 e. The molecule has 0 aliphatic heterocycles. The number of benzene rings is 1. The van der Waals surface area contributed by atoms with Gasteiger partial charge in [0.1, 0.15) is 12.4 Å². The summed E-state index contributed by atoms with van der Waals surface area (Å²) in [5, 5.41) is 0. The van der Waals surface area contributed by atoms with Gasteiger partial charge < -0.3 is 14.2 Å². The van der Waals surface area contributed by atoms with E-state index < -0.39 is 6.16 Å². The van der Waals surface area contributed by atoms with Crippen molar-refractivity contribution in [2.24, 2.45) is 0 Å². The Morgan fingerprint density at radius 3 is 2.63 bits per heavy atom. The number of hydrogen-bond donors (Lipinski definition) is 0. The van der Waals surface area contributed by atoms with Crippen LogP contribution in [-0.4, -0.2) is 26.0 Å². The summed E-state index contributed by atoms with van der Waals surface area (Å²) in [5.74, 6) is 0.530. The first-order valence-corrected chi connectivity index (χ1v) is 6.63. The summed E-state index contributed by atoms with van der Waals surface area (Å²) in [6, 6.07) is 5.61. The van der Waals surface area contributed by atoms with Crippen LogP contribution in [0.25, 0.3) is 0 Å². The lowest BCUT2D eigenvalue weighted by molar-refractivity contribution is 0.0511. The third-order valence-electron chi connectivity index (χ3n) is 2.61. The highest BCUT2D eigenvalue weighted by Crippen LogP contribution is 2.19. The molecule has 4 nitrogen and oxygen atoms in total. The second-order valence-electron chi connectivity index (χ2n) is 4.44. The van der Waals surface area contributed by atoms with E-state index in [1.807, 2.05) is 26.0 Å². The van der Waals surface area contributed by atoms with Crippen molar-refractivity contribution >= 4 is 6.16 Å². The predicted octanol–water partition coefficient (Wildman–Crippen LogP) is 3.64. The third kappa shape index (κ3) is 6.25. The highest BCUT2D eigenvalue weighted by molar-refractivity contribution is 5.64. The summed E-state index contributed by atoms with van der Waals surface area (Å²) in [6.45, 7) is 7.30. The highest BCUT2D eigenvalue weighted by Gasteiger charge is 2.08. The number of hydrogen-bond acceptors (Lipinski definition) is 4. The van der Waals surface area contributed by atoms with E-state index in [1.165, 1.54) is 0 Å². The second kappa shape index (κ2) is 8.53. The molecule has 0 fully saturated rings. The number of rotatable bonds is 7. The molecule has 0 atom stereocenters. The normalized spacial score (nSPS) is 10.3. The molecule has 106 valence electrons. The molecule has 0 aromatic heterocycles. The molecule has 4 heteroatoms. The van der Waals surface area contributed by atoms with Gasteiger partial charge in [0.15, 0.2) is 0 Å². The Bertz CT molecular complexity index is 401. The fraction of sp³-hybridized carbons (Fsp3) is 0.533. The van der Waals surface area contributed by atoms with Crippen LogP contribution in [0.2, 0.25) is 0 Å². The first-order valence-electron chi connectivity index (χ1n) is 6.63. The molecule has 0 amide bonds. The SMILES string of the molecule is CCCCOCCOC(=O)Oc1ccc(C)cc1C. The van der Waals surface area contributed by atoms with Crippen LogP contribution < -0.4 is 4.74 Å². The molecule has 1 rings (SSSR count). The Balaban J connectivity index is 2.23. The van der Waals surface area contributed by atoms with Crippen LogP contribution in [0.3, 0.4) is 0 Å². The largest absolute Gasteiger partial charge is 0.513 e. The summed E-state index contributed by atoms with van der Waals surface area (Å²) in [4.78, 5) is 11.4. The molecule has 0 aliphatic rings. The molecule has 0 aliphatic carbocycles. The van der Waals surface area contributed by atoms with Crippen molar-refractivity contribution < 1.29 is 19.0 Å². The fourth-order valence-electron chi connectivity index (χ4n) is 1.57. The van der Waals surface area contributed by atoms with E-state index in [9.17, 15) is 4.79 Å². The van der Waals surface area contributed by atoms with Crippen LogP contribution in [0.15, 0.2) is 18.2 Å². The summed E-state index contributed by atoms with van der Waals surface area (Å²) in [5.41, 5.74) is 2.04. The molecule has 0 spiro atoms. The van der Waals surface area contributed by atoms with Gasteiger partial charge in [-0.05, 0) is 31.9 Å². The second-order valence-corrected chi connectivity index (χ2v) is 4.44. The van der Waals surface area contributed by atoms with Crippen molar-refractivity contribution in [2.45, 2.75) is 33.6 Å². The van der Waals surface area contributed by atoms with Crippen LogP contribution in [0, 0.1) is 13.8 Å². The summed E-state index contributed by atoms with van der Waals surface area (Å²) in [7, 11) is 0. The van der Waals surface area contributed by atoms with Gasteiger partial charge in [-0.15, -0.1) is 0 Å². The van der Waals surface area contributed by atoms with Crippen LogP contribution in [0.1, 0.15) is 30.9 Å². The van der Waals surface area contributed by atoms with Gasteiger partial charge in [0.2, 0.25) is 0 Å². The Kier molecular flexibility index (Phi) is 6.97. The lowest BCUT2D eigenvalue weighted by atomic mass is 10.1. The van der Waals surface area contributed by atoms with E-state index >= 15 is 0 Å². The Labute approximate surface area is 114 Å². The van der Waals surface area contributed by atoms with Crippen LogP contribution in [0.4, 0.5) is 4.79 Å². The van der Waals surface area contributed by atoms with Gasteiger partial charge >= 0.3 is 6.16 Å². The number of aryl methyl sites for hydroxylation is 2. The maximum atomic E-state index is 11.4. The number of carbonyl (C=O) groups is 1. The van der Waals surface area contributed by atoms with Gasteiger partial charge in [-0.3, -0.25) is 0 Å². The zero-order valence-corrected chi connectivity index (χ0v) is 11.9. The van der Waals surface area contributed by atoms with Crippen LogP contribution >= 0.6 is 0 Å². The van der Waals surface area contributed by atoms with Gasteiger partial charge in [0, 0.05) is 6.61 Å². The summed E-state index contributed by atoms with van der Waals surface area (Å²) in [6.07, 6.45) is 1.42. The standard InChI is InChI=1S/C15H22O4/c1-4-5-8-17-9-10-18-15(16)19-14-7-6-12(2)11-13(14)3/h6-7,11H,4-5,8-10H2,1-3H3. The van der Waals surface area contributed by atoms with Crippen molar-refractivity contribution in [1.82, 2.24) is 0 Å². The third-order valence-corrected chi connectivity index (χ3v) is 2.61. The van der Waals surface area contributed by atoms with Gasteiger partial charge in [-0.2, -0.15) is 0 Å². The van der Waals surface area contributed by atoms with Crippen LogP contribution in [0.5, 0.6) is 5.75 Å². The molecule has 0 unspecified atom stereocenters. The van der Waals surface area contributed by atoms with E-state index in [2.05, 4.69) is 6.92 Å². The molecule has 0 bridgehead atoms. The van der Waals surface area contributed by atoms with Crippen molar-refractivity contribution in [3.05, 3.63) is 29.3 Å². The van der Waals surface area contributed by atoms with Gasteiger partial charge in [0.25, 0.3) is 0 Å². The van der Waals surface area contributed by atoms with E-state index in [-0.39, 0.29) is 6.61 Å². The lowest BCUT2D eigenvalue weighted by Crippen LogP contribution is -2.15. The number of carbonyl (C=O) groups excluding carboxylic acids is 1. The summed E-state index contributed by atoms with van der Waals surface area (Å²) < 4.78 is 15.3. The monoisotopic (exact) mass is 266 g/mol. The maximum Gasteiger partial charge on any atom is 0.513 e. The average molecular weight is 266 g/mol. The van der Waals surface area contributed by atoms with Crippen molar-refractivity contribution in [2.75, 3.05) is 19.8 Å². The van der Waals surface area contributed by atoms with Crippen molar-refractivity contribution in [1.29, 1.82) is 0 Å². The maximum absolute atomic E-state index is 11.4. The zero-order chi connectivity index (χ0) is 14.1. The zero-order valence-electron chi connectivity index (χ0n) is 11.9. The minimum Gasteiger partial charge on any atom is -0.432 e. The van der Waals surface area contributed by atoms with E-state index in [0.717, 1.165) is 24.0 Å². The number of ether oxygens (including phenoxy) is 3. The van der Waals surface area contributed by atoms with Crippen molar-refractivity contribution in [3.8, 4) is 5.75 Å². The van der Waals surface area contributed by atoms with E-state index in [1.54, 1.807) is 6.07 Å². The van der Waals surface area contributed by atoms with Gasteiger partial charge in [-0.25, -0.2) is 4.79 Å². The Morgan fingerprint density at radius 2 is 1.95 bits per heavy atom. The van der Waals surface area contributed by atoms with E-state index in [4.69, 9.17) is 14.2 Å². The minimum absolute atomic E-state index is 0.216. The number of unbranched alkanes of at least 4 members (excludes halogenated alkanes) is 1. The van der Waals surface area contributed by atoms with Gasteiger partial charge in [-0.1, -0.05) is 31.0 Å². The van der Waals surface area contributed by atoms with E-state index in [0.29, 0.717) is 19.0 Å². The molecule has 0 saturated carbocycles. The highest BCUT2D eigenvalue weighted by atomic mass is 16.7. The Hall–Kier alpha value is -1.55. The molecule has 0 heterocycles. The first-order chi connectivity index (χ1) is 9.13. The molecule has 1 aromatic carbocycles. The first kappa shape index (κ1) is 15.5. The van der Waals surface area contributed by atoms with Gasteiger partial charge in [0.05, 0.1) is 6.61 Å². The molecule has 0 N–H and O–H groups in total. The molecule has 0 saturated heterocycles. The molecular formula is C15H22O4. The average Bonchev–Trinajstić information content (AvgIpc) is 2.37. The molecular weight excluding hydrogens is 244 g/mol. The fourth-order valence-corrected chi connectivity index (χ4v) is 1.57.